The van der Waals surface area contributed by atoms with Gasteiger partial charge in [-0.3, -0.25) is 14.9 Å². The fraction of sp³-hybridized carbons (Fsp3) is 0.222. The highest BCUT2D eigenvalue weighted by Crippen LogP contribution is 2.32. The minimum absolute atomic E-state index is 0.0307. The summed E-state index contributed by atoms with van der Waals surface area (Å²) in [4.78, 5) is 23.7. The van der Waals surface area contributed by atoms with E-state index in [-0.39, 0.29) is 18.3 Å². The summed E-state index contributed by atoms with van der Waals surface area (Å²) in [5.74, 6) is -0.317. The number of ether oxygens (including phenoxy) is 1. The zero-order valence-electron chi connectivity index (χ0n) is 20.9. The molecule has 0 spiro atoms. The second-order valence-corrected chi connectivity index (χ2v) is 15.5. The summed E-state index contributed by atoms with van der Waals surface area (Å²) in [5.41, 5.74) is 3.34. The van der Waals surface area contributed by atoms with Crippen LogP contribution in [0.3, 0.4) is 0 Å². The number of nitro groups is 1. The van der Waals surface area contributed by atoms with Crippen molar-refractivity contribution in [2.45, 2.75) is 32.4 Å². The van der Waals surface area contributed by atoms with Crippen LogP contribution >= 0.6 is 0 Å². The average molecular weight is 514 g/mol. The van der Waals surface area contributed by atoms with Crippen molar-refractivity contribution < 1.29 is 14.5 Å². The van der Waals surface area contributed by atoms with Crippen LogP contribution in [0.5, 0.6) is 0 Å². The summed E-state index contributed by atoms with van der Waals surface area (Å²) >= 11 is 0. The monoisotopic (exact) mass is 513 g/mol. The van der Waals surface area contributed by atoms with Crippen LogP contribution in [0.1, 0.15) is 15.9 Å². The van der Waals surface area contributed by atoms with Gasteiger partial charge in [-0.1, -0.05) is 31.8 Å². The Morgan fingerprint density at radius 3 is 2.57 bits per heavy atom. The topological polar surface area (TPSA) is 123 Å². The highest BCUT2D eigenvalue weighted by molar-refractivity contribution is 6.76. The minimum Gasteiger partial charge on any atom is -0.360 e. The van der Waals surface area contributed by atoms with Crippen molar-refractivity contribution in [3.8, 4) is 17.3 Å². The maximum absolute atomic E-state index is 12.8. The third kappa shape index (κ3) is 6.27. The van der Waals surface area contributed by atoms with E-state index in [2.05, 4.69) is 25.0 Å². The van der Waals surface area contributed by atoms with Crippen LogP contribution in [-0.4, -0.2) is 35.3 Å². The molecule has 0 unspecified atom stereocenters. The Morgan fingerprint density at radius 1 is 1.14 bits per heavy atom. The molecule has 1 N–H and O–H groups in total. The second-order valence-electron chi connectivity index (χ2n) is 9.88. The minimum atomic E-state index is -1.24. The Bertz CT molecular complexity index is 1500. The molecule has 0 fully saturated rings. The summed E-state index contributed by atoms with van der Waals surface area (Å²) in [5, 5.41) is 28.7. The van der Waals surface area contributed by atoms with Gasteiger partial charge in [-0.05, 0) is 48.5 Å². The predicted octanol–water partition coefficient (Wildman–Crippen LogP) is 6.05. The lowest BCUT2D eigenvalue weighted by molar-refractivity contribution is -0.384. The van der Waals surface area contributed by atoms with Gasteiger partial charge in [0, 0.05) is 49.0 Å². The third-order valence-electron chi connectivity index (χ3n) is 5.82. The number of amides is 1. The largest absolute Gasteiger partial charge is 0.360 e. The molecular formula is C27H27N5O4Si. The van der Waals surface area contributed by atoms with Gasteiger partial charge >= 0.3 is 0 Å². The maximum Gasteiger partial charge on any atom is 0.270 e. The first-order chi connectivity index (χ1) is 17.6. The van der Waals surface area contributed by atoms with Crippen LogP contribution in [0.15, 0.2) is 66.7 Å². The van der Waals surface area contributed by atoms with Crippen molar-refractivity contribution in [2.24, 2.45) is 0 Å². The number of hydrogen-bond acceptors (Lipinski definition) is 6. The number of anilines is 1. The van der Waals surface area contributed by atoms with Crippen LogP contribution in [0.4, 0.5) is 11.4 Å². The van der Waals surface area contributed by atoms with Crippen LogP contribution in [-0.2, 0) is 11.5 Å². The molecule has 4 rings (SSSR count). The maximum atomic E-state index is 12.8. The molecular weight excluding hydrogens is 486 g/mol. The van der Waals surface area contributed by atoms with Crippen LogP contribution in [0.25, 0.3) is 22.2 Å². The molecule has 3 aromatic carbocycles. The zero-order valence-corrected chi connectivity index (χ0v) is 21.9. The molecule has 4 aromatic rings. The zero-order chi connectivity index (χ0) is 26.6. The smallest absolute Gasteiger partial charge is 0.270 e. The molecule has 1 aromatic heterocycles. The van der Waals surface area contributed by atoms with E-state index in [1.165, 1.54) is 12.1 Å². The van der Waals surface area contributed by atoms with E-state index in [4.69, 9.17) is 15.1 Å². The first kappa shape index (κ1) is 25.8. The number of fused-ring (bicyclic) bond motifs is 1. The molecule has 0 saturated carbocycles. The molecule has 0 saturated heterocycles. The first-order valence-corrected chi connectivity index (χ1v) is 15.5. The normalized spacial score (nSPS) is 11.3. The van der Waals surface area contributed by atoms with E-state index in [1.807, 2.05) is 12.1 Å². The number of carbonyl (C=O) groups is 1. The highest BCUT2D eigenvalue weighted by Gasteiger charge is 2.17. The van der Waals surface area contributed by atoms with E-state index < -0.39 is 13.0 Å². The lowest BCUT2D eigenvalue weighted by Gasteiger charge is -2.15. The molecule has 0 bridgehead atoms. The quantitative estimate of drug-likeness (QED) is 0.126. The summed E-state index contributed by atoms with van der Waals surface area (Å²) in [6.07, 6.45) is 0. The number of nitrogens with one attached hydrogen (secondary N) is 1. The van der Waals surface area contributed by atoms with Gasteiger partial charge in [-0.2, -0.15) is 10.4 Å². The number of rotatable bonds is 9. The third-order valence-corrected chi connectivity index (χ3v) is 7.53. The van der Waals surface area contributed by atoms with Gasteiger partial charge in [-0.25, -0.2) is 4.68 Å². The van der Waals surface area contributed by atoms with E-state index >= 15 is 0 Å². The molecule has 0 aliphatic carbocycles. The molecule has 0 radical (unpaired) electrons. The molecule has 1 heterocycles. The van der Waals surface area contributed by atoms with Crippen molar-refractivity contribution in [1.29, 1.82) is 5.26 Å². The van der Waals surface area contributed by atoms with Crippen LogP contribution in [0.2, 0.25) is 25.7 Å². The van der Waals surface area contributed by atoms with E-state index in [0.717, 1.165) is 16.9 Å². The van der Waals surface area contributed by atoms with E-state index in [0.29, 0.717) is 34.7 Å². The fourth-order valence-electron chi connectivity index (χ4n) is 3.76. The predicted molar refractivity (Wildman–Crippen MR) is 145 cm³/mol. The molecule has 0 aliphatic rings. The van der Waals surface area contributed by atoms with Gasteiger partial charge in [0.25, 0.3) is 11.6 Å². The number of non-ortho nitro benzene ring substituents is 1. The summed E-state index contributed by atoms with van der Waals surface area (Å²) < 4.78 is 7.66. The first-order valence-electron chi connectivity index (χ1n) is 11.8. The molecule has 188 valence electrons. The molecule has 37 heavy (non-hydrogen) atoms. The SMILES string of the molecule is C[Si](C)(C)CCOCn1nc(-c2cccc([N+](=O)[O-])c2)c2cc(NC(=O)c3ccc(C#N)cc3)ccc21. The van der Waals surface area contributed by atoms with Gasteiger partial charge in [-0.15, -0.1) is 0 Å². The number of nitro benzene ring substituents is 1. The van der Waals surface area contributed by atoms with Crippen LogP contribution < -0.4 is 5.32 Å². The van der Waals surface area contributed by atoms with Gasteiger partial charge < -0.3 is 10.1 Å². The Hall–Kier alpha value is -4.33. The number of nitriles is 1. The molecule has 0 atom stereocenters. The number of benzene rings is 3. The summed E-state index contributed by atoms with van der Waals surface area (Å²) in [7, 11) is -1.24. The van der Waals surface area contributed by atoms with E-state index in [1.54, 1.807) is 53.2 Å². The summed E-state index contributed by atoms with van der Waals surface area (Å²) in [6, 6.07) is 21.2. The number of hydrogen-bond donors (Lipinski definition) is 1. The van der Waals surface area contributed by atoms with Gasteiger partial charge in [0.15, 0.2) is 0 Å². The van der Waals surface area contributed by atoms with Gasteiger partial charge in [0.2, 0.25) is 0 Å². The molecule has 0 aliphatic heterocycles. The average Bonchev–Trinajstić information content (AvgIpc) is 3.24. The number of aromatic nitrogens is 2. The molecule has 10 heteroatoms. The number of nitrogens with zero attached hydrogens (tertiary/aromatic N) is 4. The lowest BCUT2D eigenvalue weighted by Crippen LogP contribution is -2.22. The van der Waals surface area contributed by atoms with Crippen molar-refractivity contribution >= 4 is 36.3 Å². The Balaban J connectivity index is 1.68. The molecule has 1 amide bonds. The molecule has 9 nitrogen and oxygen atoms in total. The Morgan fingerprint density at radius 2 is 1.89 bits per heavy atom. The fourth-order valence-corrected chi connectivity index (χ4v) is 4.52. The Labute approximate surface area is 215 Å². The van der Waals surface area contributed by atoms with Gasteiger partial charge in [0.05, 0.1) is 22.1 Å². The van der Waals surface area contributed by atoms with Crippen molar-refractivity contribution in [2.75, 3.05) is 11.9 Å². The van der Waals surface area contributed by atoms with Crippen LogP contribution in [0, 0.1) is 21.4 Å². The van der Waals surface area contributed by atoms with Gasteiger partial charge in [0.1, 0.15) is 12.4 Å². The standard InChI is InChI=1S/C27H27N5O4Si/c1-37(2,3)14-13-36-18-31-25-12-11-22(29-27(33)20-9-7-19(17-28)8-10-20)16-24(25)26(30-31)21-5-4-6-23(15-21)32(34)35/h4-12,15-16H,13-14,18H2,1-3H3,(H,29,33). The summed E-state index contributed by atoms with van der Waals surface area (Å²) in [6.45, 7) is 7.73. The van der Waals surface area contributed by atoms with Crippen molar-refractivity contribution in [1.82, 2.24) is 9.78 Å². The van der Waals surface area contributed by atoms with Crippen molar-refractivity contribution in [3.63, 3.8) is 0 Å². The second kappa shape index (κ2) is 10.7. The van der Waals surface area contributed by atoms with Crippen molar-refractivity contribution in [3.05, 3.63) is 88.0 Å². The Kier molecular flexibility index (Phi) is 7.47. The lowest BCUT2D eigenvalue weighted by atomic mass is 10.1. The van der Waals surface area contributed by atoms with E-state index in [9.17, 15) is 14.9 Å². The number of carbonyl (C=O) groups excluding carboxylic acids is 1. The highest BCUT2D eigenvalue weighted by atomic mass is 28.3.